The zero-order valence-electron chi connectivity index (χ0n) is 10.3. The van der Waals surface area contributed by atoms with E-state index in [4.69, 9.17) is 18.0 Å². The minimum absolute atomic E-state index is 0.107. The molecule has 0 saturated carbocycles. The first-order valence-corrected chi connectivity index (χ1v) is 6.23. The van der Waals surface area contributed by atoms with Crippen LogP contribution in [0, 0.1) is 0 Å². The van der Waals surface area contributed by atoms with Gasteiger partial charge in [-0.3, -0.25) is 4.79 Å². The largest absolute Gasteiger partial charge is 0.389 e. The molecule has 2 rings (SSSR count). The first-order chi connectivity index (χ1) is 8.58. The monoisotopic (exact) mass is 264 g/mol. The number of likely N-dealkylation sites (N-methyl/N-ethyl adjacent to an activating group) is 1. The summed E-state index contributed by atoms with van der Waals surface area (Å²) >= 11 is 4.95. The topological polar surface area (TPSA) is 62.5 Å². The Morgan fingerprint density at radius 2 is 2.28 bits per heavy atom. The van der Waals surface area contributed by atoms with Gasteiger partial charge in [0, 0.05) is 31.9 Å². The van der Waals surface area contributed by atoms with E-state index in [1.165, 1.54) is 0 Å². The summed E-state index contributed by atoms with van der Waals surface area (Å²) in [6.07, 6.45) is 2.60. The van der Waals surface area contributed by atoms with Gasteiger partial charge < -0.3 is 15.5 Å². The Labute approximate surface area is 112 Å². The maximum absolute atomic E-state index is 11.8. The molecule has 96 valence electrons. The number of carbonyl (C=O) groups is 1. The van der Waals surface area contributed by atoms with Gasteiger partial charge in [-0.05, 0) is 18.6 Å². The zero-order valence-corrected chi connectivity index (χ0v) is 11.1. The molecule has 6 heteroatoms. The number of rotatable bonds is 2. The fraction of sp³-hybridized carbons (Fsp3) is 0.417. The van der Waals surface area contributed by atoms with E-state index in [9.17, 15) is 4.79 Å². The molecule has 2 heterocycles. The molecule has 0 bridgehead atoms. The van der Waals surface area contributed by atoms with Crippen LogP contribution in [0.25, 0.3) is 0 Å². The maximum Gasteiger partial charge on any atom is 0.241 e. The molecule has 0 atom stereocenters. The normalized spacial score (nSPS) is 16.6. The summed E-state index contributed by atoms with van der Waals surface area (Å²) in [5.41, 5.74) is 6.38. The Balaban J connectivity index is 2.22. The van der Waals surface area contributed by atoms with Gasteiger partial charge in [0.15, 0.2) is 0 Å². The number of hydrogen-bond acceptors (Lipinski definition) is 4. The van der Waals surface area contributed by atoms with E-state index >= 15 is 0 Å². The lowest BCUT2D eigenvalue weighted by Gasteiger charge is -2.21. The lowest BCUT2D eigenvalue weighted by Crippen LogP contribution is -2.34. The number of aromatic nitrogens is 1. The van der Waals surface area contributed by atoms with Crippen LogP contribution in [0.5, 0.6) is 0 Å². The van der Waals surface area contributed by atoms with Crippen molar-refractivity contribution in [2.45, 2.75) is 6.42 Å². The number of hydrogen-bond donors (Lipinski definition) is 1. The minimum Gasteiger partial charge on any atom is -0.389 e. The van der Waals surface area contributed by atoms with E-state index in [-0.39, 0.29) is 5.91 Å². The standard InChI is InChI=1S/C12H16N4OS/c1-15-5-2-6-16(8-11(15)17)10-7-9(12(13)18)3-4-14-10/h3-4,7H,2,5-6,8H2,1H3,(H2,13,18). The van der Waals surface area contributed by atoms with Crippen LogP contribution in [0.3, 0.4) is 0 Å². The van der Waals surface area contributed by atoms with E-state index in [1.54, 1.807) is 17.2 Å². The smallest absolute Gasteiger partial charge is 0.241 e. The highest BCUT2D eigenvalue weighted by Crippen LogP contribution is 2.15. The average molecular weight is 264 g/mol. The van der Waals surface area contributed by atoms with E-state index in [1.807, 2.05) is 18.0 Å². The molecular formula is C12H16N4OS. The fourth-order valence-corrected chi connectivity index (χ4v) is 2.05. The van der Waals surface area contributed by atoms with Crippen LogP contribution in [-0.4, -0.2) is 47.5 Å². The van der Waals surface area contributed by atoms with Crippen molar-refractivity contribution in [2.24, 2.45) is 5.73 Å². The van der Waals surface area contributed by atoms with Crippen molar-refractivity contribution in [2.75, 3.05) is 31.6 Å². The Bertz CT molecular complexity index is 477. The molecule has 0 aromatic carbocycles. The van der Waals surface area contributed by atoms with Gasteiger partial charge in [-0.1, -0.05) is 12.2 Å². The molecule has 2 N–H and O–H groups in total. The third kappa shape index (κ3) is 2.76. The van der Waals surface area contributed by atoms with E-state index < -0.39 is 0 Å². The van der Waals surface area contributed by atoms with Crippen LogP contribution < -0.4 is 10.6 Å². The second-order valence-electron chi connectivity index (χ2n) is 4.36. The Hall–Kier alpha value is -1.69. The summed E-state index contributed by atoms with van der Waals surface area (Å²) in [7, 11) is 1.82. The van der Waals surface area contributed by atoms with Crippen molar-refractivity contribution in [3.8, 4) is 0 Å². The number of nitrogens with two attached hydrogens (primary N) is 1. The molecule has 1 saturated heterocycles. The third-order valence-corrected chi connectivity index (χ3v) is 3.26. The highest BCUT2D eigenvalue weighted by molar-refractivity contribution is 7.80. The van der Waals surface area contributed by atoms with Crippen molar-refractivity contribution < 1.29 is 4.79 Å². The van der Waals surface area contributed by atoms with Gasteiger partial charge in [0.1, 0.15) is 10.8 Å². The van der Waals surface area contributed by atoms with Crippen molar-refractivity contribution in [1.82, 2.24) is 9.88 Å². The molecular weight excluding hydrogens is 248 g/mol. The van der Waals surface area contributed by atoms with Crippen molar-refractivity contribution in [1.29, 1.82) is 0 Å². The van der Waals surface area contributed by atoms with Gasteiger partial charge in [0.25, 0.3) is 0 Å². The summed E-state index contributed by atoms with van der Waals surface area (Å²) in [6, 6.07) is 3.61. The number of thiocarbonyl (C=S) groups is 1. The third-order valence-electron chi connectivity index (χ3n) is 3.03. The van der Waals surface area contributed by atoms with Crippen LogP contribution >= 0.6 is 12.2 Å². The highest BCUT2D eigenvalue weighted by atomic mass is 32.1. The van der Waals surface area contributed by atoms with Gasteiger partial charge in [0.05, 0.1) is 6.54 Å². The van der Waals surface area contributed by atoms with Crippen LogP contribution in [0.2, 0.25) is 0 Å². The van der Waals surface area contributed by atoms with Crippen LogP contribution in [-0.2, 0) is 4.79 Å². The molecule has 0 aliphatic carbocycles. The Morgan fingerprint density at radius 3 is 3.00 bits per heavy atom. The van der Waals surface area contributed by atoms with Gasteiger partial charge in [-0.15, -0.1) is 0 Å². The van der Waals surface area contributed by atoms with Gasteiger partial charge in [-0.25, -0.2) is 4.98 Å². The highest BCUT2D eigenvalue weighted by Gasteiger charge is 2.20. The molecule has 0 spiro atoms. The predicted molar refractivity (Wildman–Crippen MR) is 74.6 cm³/mol. The SMILES string of the molecule is CN1CCCN(c2cc(C(N)=S)ccn2)CC1=O. The van der Waals surface area contributed by atoms with E-state index in [0.717, 1.165) is 30.9 Å². The van der Waals surface area contributed by atoms with Gasteiger partial charge >= 0.3 is 0 Å². The van der Waals surface area contributed by atoms with E-state index in [0.29, 0.717) is 11.5 Å². The number of pyridine rings is 1. The lowest BCUT2D eigenvalue weighted by atomic mass is 10.2. The van der Waals surface area contributed by atoms with Gasteiger partial charge in [0.2, 0.25) is 5.91 Å². The molecule has 1 aromatic heterocycles. The van der Waals surface area contributed by atoms with Crippen molar-refractivity contribution in [3.05, 3.63) is 23.9 Å². The molecule has 1 amide bonds. The fourth-order valence-electron chi connectivity index (χ4n) is 1.93. The summed E-state index contributed by atoms with van der Waals surface area (Å²) < 4.78 is 0. The first-order valence-electron chi connectivity index (χ1n) is 5.82. The zero-order chi connectivity index (χ0) is 13.1. The maximum atomic E-state index is 11.8. The molecule has 1 aromatic rings. The number of carbonyl (C=O) groups excluding carboxylic acids is 1. The van der Waals surface area contributed by atoms with E-state index in [2.05, 4.69) is 4.98 Å². The average Bonchev–Trinajstić information content (AvgIpc) is 2.52. The lowest BCUT2D eigenvalue weighted by molar-refractivity contribution is -0.127. The molecule has 1 aliphatic rings. The molecule has 0 radical (unpaired) electrons. The minimum atomic E-state index is 0.107. The van der Waals surface area contributed by atoms with Crippen LogP contribution in [0.15, 0.2) is 18.3 Å². The Morgan fingerprint density at radius 1 is 1.50 bits per heavy atom. The quantitative estimate of drug-likeness (QED) is 0.783. The number of anilines is 1. The molecule has 1 fully saturated rings. The molecule has 18 heavy (non-hydrogen) atoms. The predicted octanol–water partition coefficient (Wildman–Crippen LogP) is 0.384. The summed E-state index contributed by atoms with van der Waals surface area (Å²) in [5, 5.41) is 0. The number of amides is 1. The van der Waals surface area contributed by atoms with Crippen molar-refractivity contribution in [3.63, 3.8) is 0 Å². The molecule has 5 nitrogen and oxygen atoms in total. The first kappa shape index (κ1) is 12.8. The molecule has 1 aliphatic heterocycles. The second kappa shape index (κ2) is 5.30. The van der Waals surface area contributed by atoms with Gasteiger partial charge in [-0.2, -0.15) is 0 Å². The summed E-state index contributed by atoms with van der Waals surface area (Å²) in [5.74, 6) is 0.860. The molecule has 0 unspecified atom stereocenters. The summed E-state index contributed by atoms with van der Waals surface area (Å²) in [6.45, 7) is 1.94. The number of nitrogens with zero attached hydrogens (tertiary/aromatic N) is 3. The summed E-state index contributed by atoms with van der Waals surface area (Å²) in [4.78, 5) is 20.2. The van der Waals surface area contributed by atoms with Crippen molar-refractivity contribution >= 4 is 28.9 Å². The van der Waals surface area contributed by atoms with Crippen LogP contribution in [0.1, 0.15) is 12.0 Å². The Kier molecular flexibility index (Phi) is 3.76. The second-order valence-corrected chi connectivity index (χ2v) is 4.80. The van der Waals surface area contributed by atoms with Crippen LogP contribution in [0.4, 0.5) is 5.82 Å².